The van der Waals surface area contributed by atoms with Gasteiger partial charge in [-0.3, -0.25) is 4.79 Å². The summed E-state index contributed by atoms with van der Waals surface area (Å²) in [5, 5.41) is 6.87. The molecule has 9 nitrogen and oxygen atoms in total. The first-order chi connectivity index (χ1) is 17.0. The van der Waals surface area contributed by atoms with E-state index >= 15 is 0 Å². The number of rotatable bonds is 5. The van der Waals surface area contributed by atoms with E-state index in [9.17, 15) is 14.0 Å². The molecule has 1 aromatic carbocycles. The first-order valence-electron chi connectivity index (χ1n) is 12.0. The Hall–Kier alpha value is -3.69. The zero-order chi connectivity index (χ0) is 26.0. The number of piperidine rings is 1. The molecule has 10 heteroatoms. The molecule has 1 aliphatic rings. The van der Waals surface area contributed by atoms with Crippen LogP contribution in [-0.2, 0) is 4.74 Å². The molecule has 0 bridgehead atoms. The van der Waals surface area contributed by atoms with Gasteiger partial charge in [0.2, 0.25) is 5.89 Å². The highest BCUT2D eigenvalue weighted by Crippen LogP contribution is 2.41. The van der Waals surface area contributed by atoms with Crippen LogP contribution in [0.5, 0.6) is 0 Å². The SMILES string of the molecule is CC(C)NC(=O)c1coc(-c2cc(C3CCN(C(=O)OC(C)(C)C)CC3c3ccc(F)cc3)on2)n1. The highest BCUT2D eigenvalue weighted by atomic mass is 19.1. The lowest BCUT2D eigenvalue weighted by molar-refractivity contribution is 0.0176. The summed E-state index contributed by atoms with van der Waals surface area (Å²) in [6.07, 6.45) is 1.48. The van der Waals surface area contributed by atoms with Gasteiger partial charge in [0.05, 0.1) is 0 Å². The summed E-state index contributed by atoms with van der Waals surface area (Å²) in [7, 11) is 0. The first-order valence-corrected chi connectivity index (χ1v) is 12.0. The van der Waals surface area contributed by atoms with Crippen LogP contribution in [0.25, 0.3) is 11.6 Å². The van der Waals surface area contributed by atoms with Crippen molar-refractivity contribution < 1.29 is 27.7 Å². The Kier molecular flexibility index (Phi) is 7.14. The van der Waals surface area contributed by atoms with Crippen molar-refractivity contribution in [3.8, 4) is 11.6 Å². The number of amides is 2. The van der Waals surface area contributed by atoms with Crippen molar-refractivity contribution in [2.75, 3.05) is 13.1 Å². The molecule has 3 heterocycles. The van der Waals surface area contributed by atoms with Crippen LogP contribution < -0.4 is 5.32 Å². The van der Waals surface area contributed by atoms with Gasteiger partial charge in [0.1, 0.15) is 23.4 Å². The normalized spacial score (nSPS) is 18.4. The first kappa shape index (κ1) is 25.4. The van der Waals surface area contributed by atoms with Gasteiger partial charge in [0, 0.05) is 37.0 Å². The number of hydrogen-bond donors (Lipinski definition) is 1. The number of nitrogens with zero attached hydrogens (tertiary/aromatic N) is 3. The van der Waals surface area contributed by atoms with Gasteiger partial charge in [-0.25, -0.2) is 14.2 Å². The summed E-state index contributed by atoms with van der Waals surface area (Å²) in [4.78, 5) is 30.9. The van der Waals surface area contributed by atoms with Crippen LogP contribution in [0.2, 0.25) is 0 Å². The maximum atomic E-state index is 13.6. The zero-order valence-electron chi connectivity index (χ0n) is 21.1. The number of carbonyl (C=O) groups is 2. The smallest absolute Gasteiger partial charge is 0.410 e. The molecule has 2 atom stereocenters. The predicted molar refractivity (Wildman–Crippen MR) is 129 cm³/mol. The monoisotopic (exact) mass is 498 g/mol. The summed E-state index contributed by atoms with van der Waals surface area (Å²) in [5.41, 5.74) is 0.774. The van der Waals surface area contributed by atoms with E-state index in [0.717, 1.165) is 5.56 Å². The third-order valence-electron chi connectivity index (χ3n) is 5.83. The van der Waals surface area contributed by atoms with Gasteiger partial charge in [0.25, 0.3) is 5.91 Å². The number of halogens is 1. The molecule has 0 saturated carbocycles. The molecule has 0 spiro atoms. The number of hydrogen-bond acceptors (Lipinski definition) is 7. The van der Waals surface area contributed by atoms with Crippen molar-refractivity contribution in [2.45, 2.75) is 64.5 Å². The lowest BCUT2D eigenvalue weighted by Gasteiger charge is -2.38. The maximum absolute atomic E-state index is 13.6. The molecular formula is C26H31FN4O5. The molecule has 1 fully saturated rings. The standard InChI is InChI=1S/C26H31FN4O5/c1-15(2)28-23(32)21-14-34-24(29-21)20-12-22(36-30-20)18-10-11-31(25(33)35-26(3,4)5)13-19(18)16-6-8-17(27)9-7-16/h6-9,12,14-15,18-19H,10-11,13H2,1-5H3,(H,28,32). The third kappa shape index (κ3) is 5.92. The maximum Gasteiger partial charge on any atom is 0.410 e. The summed E-state index contributed by atoms with van der Waals surface area (Å²) in [6, 6.07) is 7.95. The second-order valence-corrected chi connectivity index (χ2v) is 10.3. The van der Waals surface area contributed by atoms with E-state index in [-0.39, 0.29) is 41.2 Å². The molecule has 2 amide bonds. The molecule has 1 N–H and O–H groups in total. The number of ether oxygens (including phenoxy) is 1. The second kappa shape index (κ2) is 10.1. The van der Waals surface area contributed by atoms with Crippen LogP contribution in [0.3, 0.4) is 0 Å². The molecule has 4 rings (SSSR count). The molecule has 36 heavy (non-hydrogen) atoms. The van der Waals surface area contributed by atoms with Gasteiger partial charge in [-0.2, -0.15) is 0 Å². The number of aromatic nitrogens is 2. The molecule has 0 aliphatic carbocycles. The highest BCUT2D eigenvalue weighted by Gasteiger charge is 2.37. The number of benzene rings is 1. The Balaban J connectivity index is 1.57. The second-order valence-electron chi connectivity index (χ2n) is 10.3. The quantitative estimate of drug-likeness (QED) is 0.520. The summed E-state index contributed by atoms with van der Waals surface area (Å²) >= 11 is 0. The van der Waals surface area contributed by atoms with E-state index < -0.39 is 11.7 Å². The lowest BCUT2D eigenvalue weighted by atomic mass is 9.79. The molecule has 1 saturated heterocycles. The molecule has 1 aliphatic heterocycles. The van der Waals surface area contributed by atoms with Crippen LogP contribution in [-0.4, -0.2) is 51.8 Å². The number of carbonyl (C=O) groups excluding carboxylic acids is 2. The Morgan fingerprint density at radius 1 is 1.19 bits per heavy atom. The van der Waals surface area contributed by atoms with Crippen molar-refractivity contribution in [3.63, 3.8) is 0 Å². The number of likely N-dealkylation sites (tertiary alicyclic amines) is 1. The Bertz CT molecular complexity index is 1210. The van der Waals surface area contributed by atoms with Gasteiger partial charge >= 0.3 is 6.09 Å². The molecule has 3 aromatic rings. The van der Waals surface area contributed by atoms with Crippen molar-refractivity contribution >= 4 is 12.0 Å². The van der Waals surface area contributed by atoms with Crippen LogP contribution in [0.15, 0.2) is 45.5 Å². The van der Waals surface area contributed by atoms with Gasteiger partial charge < -0.3 is 23.9 Å². The average molecular weight is 499 g/mol. The van der Waals surface area contributed by atoms with Gasteiger partial charge in [-0.05, 0) is 58.7 Å². The Labute approximate surface area is 209 Å². The van der Waals surface area contributed by atoms with Crippen LogP contribution in [0.4, 0.5) is 9.18 Å². The minimum Gasteiger partial charge on any atom is -0.444 e. The average Bonchev–Trinajstić information content (AvgIpc) is 3.48. The number of oxazole rings is 1. The van der Waals surface area contributed by atoms with Crippen molar-refractivity contribution in [1.82, 2.24) is 20.4 Å². The fraction of sp³-hybridized carbons (Fsp3) is 0.462. The van der Waals surface area contributed by atoms with Crippen LogP contribution >= 0.6 is 0 Å². The zero-order valence-corrected chi connectivity index (χ0v) is 21.1. The van der Waals surface area contributed by atoms with E-state index in [1.165, 1.54) is 18.4 Å². The van der Waals surface area contributed by atoms with Crippen molar-refractivity contribution in [3.05, 3.63) is 59.4 Å². The highest BCUT2D eigenvalue weighted by molar-refractivity contribution is 5.92. The minimum atomic E-state index is -0.611. The topological polar surface area (TPSA) is 111 Å². The molecular weight excluding hydrogens is 467 g/mol. The summed E-state index contributed by atoms with van der Waals surface area (Å²) in [6.45, 7) is 10.0. The van der Waals surface area contributed by atoms with Crippen LogP contribution in [0.1, 0.15) is 74.7 Å². The Morgan fingerprint density at radius 2 is 1.92 bits per heavy atom. The fourth-order valence-electron chi connectivity index (χ4n) is 4.23. The molecule has 0 radical (unpaired) electrons. The van der Waals surface area contributed by atoms with Gasteiger partial charge in [-0.1, -0.05) is 17.3 Å². The Morgan fingerprint density at radius 3 is 2.58 bits per heavy atom. The minimum absolute atomic E-state index is 0.0359. The largest absolute Gasteiger partial charge is 0.444 e. The molecule has 192 valence electrons. The van der Waals surface area contributed by atoms with Crippen molar-refractivity contribution in [2.24, 2.45) is 0 Å². The lowest BCUT2D eigenvalue weighted by Crippen LogP contribution is -2.44. The predicted octanol–water partition coefficient (Wildman–Crippen LogP) is 5.12. The van der Waals surface area contributed by atoms with E-state index in [2.05, 4.69) is 15.5 Å². The summed E-state index contributed by atoms with van der Waals surface area (Å²) < 4.78 is 30.3. The molecule has 2 unspecified atom stereocenters. The van der Waals surface area contributed by atoms with E-state index in [4.69, 9.17) is 13.7 Å². The third-order valence-corrected chi connectivity index (χ3v) is 5.83. The van der Waals surface area contributed by atoms with Crippen molar-refractivity contribution in [1.29, 1.82) is 0 Å². The summed E-state index contributed by atoms with van der Waals surface area (Å²) in [5.74, 6) is -0.218. The molecule has 2 aromatic heterocycles. The number of nitrogens with one attached hydrogen (secondary N) is 1. The van der Waals surface area contributed by atoms with E-state index in [1.54, 1.807) is 23.1 Å². The van der Waals surface area contributed by atoms with E-state index in [1.807, 2.05) is 34.6 Å². The van der Waals surface area contributed by atoms with Crippen LogP contribution in [0, 0.1) is 5.82 Å². The van der Waals surface area contributed by atoms with E-state index in [0.29, 0.717) is 31.0 Å². The fourth-order valence-corrected chi connectivity index (χ4v) is 4.23. The van der Waals surface area contributed by atoms with Gasteiger partial charge in [-0.15, -0.1) is 0 Å². The van der Waals surface area contributed by atoms with Gasteiger partial charge in [0.15, 0.2) is 11.4 Å².